The van der Waals surface area contributed by atoms with Crippen LogP contribution in [0.5, 0.6) is 5.88 Å². The van der Waals surface area contributed by atoms with Gasteiger partial charge in [0.25, 0.3) is 5.91 Å². The third-order valence-electron chi connectivity index (χ3n) is 8.30. The molecular weight excluding hydrogens is 530 g/mol. The molecule has 2 aliphatic rings. The van der Waals surface area contributed by atoms with Crippen LogP contribution in [-0.2, 0) is 19.7 Å². The Kier molecular flexibility index (Phi) is 8.90. The molecular formula is C34H39N3O5. The van der Waals surface area contributed by atoms with E-state index in [1.165, 1.54) is 0 Å². The molecule has 1 saturated heterocycles. The molecule has 2 amide bonds. The van der Waals surface area contributed by atoms with Gasteiger partial charge in [0.1, 0.15) is 11.0 Å². The SMILES string of the molecule is CCOC(=O)[C@@]1(c2ccccc2)CCC(C(=O)N2CCC(NC(=O)c3cccnc3OC(C)C)CC2)c2ccccc21. The minimum atomic E-state index is -0.952. The molecule has 8 heteroatoms. The summed E-state index contributed by atoms with van der Waals surface area (Å²) in [4.78, 5) is 46.7. The van der Waals surface area contributed by atoms with Crippen LogP contribution in [-0.4, -0.2) is 59.5 Å². The zero-order chi connectivity index (χ0) is 29.7. The van der Waals surface area contributed by atoms with Crippen molar-refractivity contribution in [1.82, 2.24) is 15.2 Å². The number of likely N-dealkylation sites (tertiary alicyclic amines) is 1. The summed E-state index contributed by atoms with van der Waals surface area (Å²) in [5, 5.41) is 3.11. The van der Waals surface area contributed by atoms with E-state index in [-0.39, 0.29) is 42.5 Å². The molecule has 1 N–H and O–H groups in total. The van der Waals surface area contributed by atoms with Gasteiger partial charge in [0.15, 0.2) is 0 Å². The van der Waals surface area contributed by atoms with Gasteiger partial charge in [-0.05, 0) is 75.3 Å². The number of nitrogens with one attached hydrogen (secondary N) is 1. The second-order valence-corrected chi connectivity index (χ2v) is 11.3. The third-order valence-corrected chi connectivity index (χ3v) is 8.30. The van der Waals surface area contributed by atoms with Crippen LogP contribution in [0.4, 0.5) is 0 Å². The predicted octanol–water partition coefficient (Wildman–Crippen LogP) is 5.02. The summed E-state index contributed by atoms with van der Waals surface area (Å²) in [5.74, 6) is -0.451. The first-order valence-electron chi connectivity index (χ1n) is 14.9. The number of amides is 2. The summed E-state index contributed by atoms with van der Waals surface area (Å²) in [6.07, 6.45) is 3.85. The van der Waals surface area contributed by atoms with Crippen molar-refractivity contribution in [3.05, 3.63) is 95.2 Å². The quantitative estimate of drug-likeness (QED) is 0.383. The van der Waals surface area contributed by atoms with E-state index < -0.39 is 5.41 Å². The summed E-state index contributed by atoms with van der Waals surface area (Å²) in [5.41, 5.74) is 2.07. The highest BCUT2D eigenvalue weighted by atomic mass is 16.5. The van der Waals surface area contributed by atoms with Crippen LogP contribution in [0.25, 0.3) is 0 Å². The number of piperidine rings is 1. The third kappa shape index (κ3) is 5.75. The van der Waals surface area contributed by atoms with Gasteiger partial charge >= 0.3 is 5.97 Å². The van der Waals surface area contributed by atoms with E-state index in [1.54, 1.807) is 18.3 Å². The second kappa shape index (κ2) is 12.8. The summed E-state index contributed by atoms with van der Waals surface area (Å²) in [6.45, 7) is 6.99. The first-order chi connectivity index (χ1) is 20.3. The Balaban J connectivity index is 1.30. The molecule has 0 spiro atoms. The summed E-state index contributed by atoms with van der Waals surface area (Å²) < 4.78 is 11.3. The molecule has 5 rings (SSSR count). The van der Waals surface area contributed by atoms with Gasteiger partial charge in [-0.1, -0.05) is 54.6 Å². The van der Waals surface area contributed by atoms with Crippen molar-refractivity contribution in [2.24, 2.45) is 0 Å². The summed E-state index contributed by atoms with van der Waals surface area (Å²) >= 11 is 0. The molecule has 1 aliphatic carbocycles. The van der Waals surface area contributed by atoms with Gasteiger partial charge in [0, 0.05) is 25.3 Å². The predicted molar refractivity (Wildman–Crippen MR) is 159 cm³/mol. The maximum Gasteiger partial charge on any atom is 0.321 e. The van der Waals surface area contributed by atoms with Gasteiger partial charge in [0.05, 0.1) is 18.6 Å². The number of hydrogen-bond donors (Lipinski definition) is 1. The summed E-state index contributed by atoms with van der Waals surface area (Å²) in [6, 6.07) is 20.9. The highest BCUT2D eigenvalue weighted by molar-refractivity contribution is 5.96. The van der Waals surface area contributed by atoms with Gasteiger partial charge in [-0.15, -0.1) is 0 Å². The van der Waals surface area contributed by atoms with Gasteiger partial charge < -0.3 is 19.7 Å². The molecule has 3 aromatic rings. The van der Waals surface area contributed by atoms with Crippen molar-refractivity contribution in [1.29, 1.82) is 0 Å². The first kappa shape index (κ1) is 29.3. The van der Waals surface area contributed by atoms with Crippen LogP contribution in [0.1, 0.15) is 79.4 Å². The number of aromatic nitrogens is 1. The summed E-state index contributed by atoms with van der Waals surface area (Å²) in [7, 11) is 0. The zero-order valence-electron chi connectivity index (χ0n) is 24.5. The number of rotatable bonds is 8. The molecule has 2 aromatic carbocycles. The van der Waals surface area contributed by atoms with Gasteiger partial charge in [0.2, 0.25) is 11.8 Å². The number of nitrogens with zero attached hydrogens (tertiary/aromatic N) is 2. The average molecular weight is 570 g/mol. The van der Waals surface area contributed by atoms with Gasteiger partial charge in [-0.25, -0.2) is 4.98 Å². The lowest BCUT2D eigenvalue weighted by Crippen LogP contribution is -2.49. The number of pyridine rings is 1. The Morgan fingerprint density at radius 1 is 0.976 bits per heavy atom. The van der Waals surface area contributed by atoms with Crippen LogP contribution < -0.4 is 10.1 Å². The fourth-order valence-electron chi connectivity index (χ4n) is 6.31. The molecule has 2 heterocycles. The minimum absolute atomic E-state index is 0.0538. The Morgan fingerprint density at radius 2 is 1.69 bits per heavy atom. The normalized spacial score (nSPS) is 20.5. The van der Waals surface area contributed by atoms with E-state index in [2.05, 4.69) is 10.3 Å². The lowest BCUT2D eigenvalue weighted by atomic mass is 9.63. The van der Waals surface area contributed by atoms with E-state index in [9.17, 15) is 14.4 Å². The molecule has 8 nitrogen and oxygen atoms in total. The Labute approximate surface area is 247 Å². The second-order valence-electron chi connectivity index (χ2n) is 11.3. The number of carbonyl (C=O) groups excluding carboxylic acids is 3. The number of esters is 1. The van der Waals surface area contributed by atoms with E-state index in [4.69, 9.17) is 9.47 Å². The smallest absolute Gasteiger partial charge is 0.321 e. The maximum atomic E-state index is 14.0. The highest BCUT2D eigenvalue weighted by Gasteiger charge is 2.50. The lowest BCUT2D eigenvalue weighted by Gasteiger charge is -2.42. The molecule has 42 heavy (non-hydrogen) atoms. The monoisotopic (exact) mass is 569 g/mol. The van der Waals surface area contributed by atoms with Crippen molar-refractivity contribution in [3.63, 3.8) is 0 Å². The number of ether oxygens (including phenoxy) is 2. The standard InChI is InChI=1S/C34H39N3O5/c1-4-41-33(40)34(24-11-6-5-7-12-24)19-16-27(26-13-8-9-15-29(26)34)32(39)37-21-17-25(18-22-37)36-30(38)28-14-10-20-35-31(28)42-23(2)3/h5-15,20,23,25,27H,4,16-19,21-22H2,1-3H3,(H,36,38)/t27?,34-/m1/s1. The molecule has 220 valence electrons. The van der Waals surface area contributed by atoms with E-state index >= 15 is 0 Å². The Morgan fingerprint density at radius 3 is 2.40 bits per heavy atom. The molecule has 1 aliphatic heterocycles. The van der Waals surface area contributed by atoms with Gasteiger partial charge in [-0.2, -0.15) is 0 Å². The Hall–Kier alpha value is -4.20. The maximum absolute atomic E-state index is 14.0. The number of benzene rings is 2. The molecule has 1 unspecified atom stereocenters. The number of hydrogen-bond acceptors (Lipinski definition) is 6. The number of fused-ring (bicyclic) bond motifs is 1. The number of carbonyl (C=O) groups is 3. The van der Waals surface area contributed by atoms with E-state index in [0.29, 0.717) is 50.2 Å². The first-order valence-corrected chi connectivity index (χ1v) is 14.9. The molecule has 0 radical (unpaired) electrons. The van der Waals surface area contributed by atoms with E-state index in [1.807, 2.05) is 80.3 Å². The van der Waals surface area contributed by atoms with Crippen LogP contribution in [0.15, 0.2) is 72.9 Å². The average Bonchev–Trinajstić information content (AvgIpc) is 3.01. The molecule has 0 bridgehead atoms. The fourth-order valence-corrected chi connectivity index (χ4v) is 6.31. The van der Waals surface area contributed by atoms with Crippen molar-refractivity contribution >= 4 is 17.8 Å². The van der Waals surface area contributed by atoms with Crippen LogP contribution in [0.3, 0.4) is 0 Å². The molecule has 1 aromatic heterocycles. The zero-order valence-corrected chi connectivity index (χ0v) is 24.5. The fraction of sp³-hybridized carbons (Fsp3) is 0.412. The van der Waals surface area contributed by atoms with Gasteiger partial charge in [-0.3, -0.25) is 14.4 Å². The van der Waals surface area contributed by atoms with Crippen LogP contribution in [0, 0.1) is 0 Å². The van der Waals surface area contributed by atoms with Crippen molar-refractivity contribution in [3.8, 4) is 5.88 Å². The molecule has 1 fully saturated rings. The molecule has 0 saturated carbocycles. The van der Waals surface area contributed by atoms with Crippen LogP contribution >= 0.6 is 0 Å². The molecule has 2 atom stereocenters. The topological polar surface area (TPSA) is 97.8 Å². The van der Waals surface area contributed by atoms with Crippen molar-refractivity contribution in [2.75, 3.05) is 19.7 Å². The lowest BCUT2D eigenvalue weighted by molar-refractivity contribution is -0.149. The highest BCUT2D eigenvalue weighted by Crippen LogP contribution is 2.48. The van der Waals surface area contributed by atoms with E-state index in [0.717, 1.165) is 16.7 Å². The Bertz CT molecular complexity index is 1420. The largest absolute Gasteiger partial charge is 0.474 e. The van der Waals surface area contributed by atoms with Crippen molar-refractivity contribution < 1.29 is 23.9 Å². The van der Waals surface area contributed by atoms with Crippen LogP contribution in [0.2, 0.25) is 0 Å². The van der Waals surface area contributed by atoms with Crippen molar-refractivity contribution in [2.45, 2.75) is 69.9 Å². The minimum Gasteiger partial charge on any atom is -0.474 e.